The summed E-state index contributed by atoms with van der Waals surface area (Å²) in [5.74, 6) is 0.147. The summed E-state index contributed by atoms with van der Waals surface area (Å²) in [6.45, 7) is 2.08. The number of hydrogen-bond donors (Lipinski definition) is 0. The number of hydrogen-bond acceptors (Lipinski definition) is 4. The third-order valence-corrected chi connectivity index (χ3v) is 3.30. The van der Waals surface area contributed by atoms with E-state index < -0.39 is 0 Å². The first-order chi connectivity index (χ1) is 10.3. The number of carbonyl (C=O) groups excluding carboxylic acids is 2. The third-order valence-electron chi connectivity index (χ3n) is 3.30. The van der Waals surface area contributed by atoms with Gasteiger partial charge in [-0.05, 0) is 41.8 Å². The predicted molar refractivity (Wildman–Crippen MR) is 80.6 cm³/mol. The van der Waals surface area contributed by atoms with Crippen LogP contribution in [0.2, 0.25) is 0 Å². The molecule has 0 radical (unpaired) electrons. The van der Waals surface area contributed by atoms with Crippen molar-refractivity contribution in [1.29, 1.82) is 0 Å². The molecule has 0 spiro atoms. The fourth-order valence-electron chi connectivity index (χ4n) is 2.39. The van der Waals surface area contributed by atoms with E-state index in [1.165, 1.54) is 0 Å². The van der Waals surface area contributed by atoms with Crippen molar-refractivity contribution in [3.63, 3.8) is 0 Å². The van der Waals surface area contributed by atoms with Gasteiger partial charge in [-0.25, -0.2) is 9.59 Å². The molecule has 0 fully saturated rings. The molecule has 2 rings (SSSR count). The Kier molecular flexibility index (Phi) is 4.94. The average molecular weight is 278 g/mol. The Hall–Kier alpha value is -2.80. The zero-order valence-electron chi connectivity index (χ0n) is 11.6. The van der Waals surface area contributed by atoms with Gasteiger partial charge in [0.15, 0.2) is 0 Å². The van der Waals surface area contributed by atoms with Crippen LogP contribution in [0, 0.1) is 0 Å². The number of rotatable bonds is 5. The molecule has 0 aliphatic heterocycles. The van der Waals surface area contributed by atoms with E-state index in [0.717, 1.165) is 17.5 Å². The van der Waals surface area contributed by atoms with Gasteiger partial charge in [0.1, 0.15) is 0 Å². The molecular formula is C17H14N2O2. The largest absolute Gasteiger partial charge is 0.240 e. The summed E-state index contributed by atoms with van der Waals surface area (Å²) in [5, 5.41) is 0. The summed E-state index contributed by atoms with van der Waals surface area (Å²) in [4.78, 5) is 28.0. The van der Waals surface area contributed by atoms with Gasteiger partial charge in [-0.15, -0.1) is 0 Å². The van der Waals surface area contributed by atoms with Crippen molar-refractivity contribution >= 4 is 23.5 Å². The molecule has 2 aromatic carbocycles. The molecule has 21 heavy (non-hydrogen) atoms. The van der Waals surface area contributed by atoms with E-state index >= 15 is 0 Å². The van der Waals surface area contributed by atoms with Gasteiger partial charge in [-0.3, -0.25) is 0 Å². The minimum absolute atomic E-state index is 0.147. The van der Waals surface area contributed by atoms with Gasteiger partial charge in [-0.1, -0.05) is 31.2 Å². The molecular weight excluding hydrogens is 264 g/mol. The van der Waals surface area contributed by atoms with E-state index in [1.54, 1.807) is 24.3 Å². The van der Waals surface area contributed by atoms with Crippen molar-refractivity contribution in [3.8, 4) is 0 Å². The Bertz CT molecular complexity index is 666. The first-order valence-corrected chi connectivity index (χ1v) is 6.64. The maximum atomic E-state index is 10.4. The molecule has 4 heteroatoms. The van der Waals surface area contributed by atoms with Crippen molar-refractivity contribution < 1.29 is 9.59 Å². The topological polar surface area (TPSA) is 58.9 Å². The Morgan fingerprint density at radius 2 is 1.38 bits per heavy atom. The lowest BCUT2D eigenvalue weighted by Crippen LogP contribution is -1.99. The predicted octanol–water partition coefficient (Wildman–Crippen LogP) is 4.16. The molecule has 0 heterocycles. The summed E-state index contributed by atoms with van der Waals surface area (Å²) < 4.78 is 0. The molecule has 0 atom stereocenters. The summed E-state index contributed by atoms with van der Waals surface area (Å²) in [7, 11) is 0. The standard InChI is InChI=1S/C17H14N2O2/c1-2-17(13-5-3-7-15(9-13)18-11-20)14-6-4-8-16(10-14)19-12-21/h3-10,17H,2H2,1H3. The molecule has 0 aliphatic carbocycles. The fraction of sp³-hybridized carbons (Fsp3) is 0.176. The van der Waals surface area contributed by atoms with Crippen molar-refractivity contribution in [3.05, 3.63) is 59.7 Å². The molecule has 0 saturated carbocycles. The quantitative estimate of drug-likeness (QED) is 0.609. The number of aliphatic imine (C=N–C) groups is 2. The number of nitrogens with zero attached hydrogens (tertiary/aromatic N) is 2. The second kappa shape index (κ2) is 7.11. The fourth-order valence-corrected chi connectivity index (χ4v) is 2.39. The molecule has 2 aromatic rings. The minimum Gasteiger partial charge on any atom is -0.211 e. The molecule has 0 unspecified atom stereocenters. The summed E-state index contributed by atoms with van der Waals surface area (Å²) >= 11 is 0. The van der Waals surface area contributed by atoms with Gasteiger partial charge in [0.05, 0.1) is 11.4 Å². The SMILES string of the molecule is CCC(c1cccc(N=C=O)c1)c1cccc(N=C=O)c1. The van der Waals surface area contributed by atoms with E-state index in [-0.39, 0.29) is 5.92 Å². The highest BCUT2D eigenvalue weighted by molar-refractivity contribution is 5.53. The van der Waals surface area contributed by atoms with Crippen LogP contribution in [-0.4, -0.2) is 12.2 Å². The Labute approximate surface area is 122 Å². The zero-order valence-corrected chi connectivity index (χ0v) is 11.6. The summed E-state index contributed by atoms with van der Waals surface area (Å²) in [5.41, 5.74) is 3.29. The molecule has 0 N–H and O–H groups in total. The Morgan fingerprint density at radius 1 is 0.905 bits per heavy atom. The molecule has 104 valence electrons. The average Bonchev–Trinajstić information content (AvgIpc) is 2.50. The van der Waals surface area contributed by atoms with Crippen LogP contribution < -0.4 is 0 Å². The van der Waals surface area contributed by atoms with Gasteiger partial charge in [-0.2, -0.15) is 9.98 Å². The monoisotopic (exact) mass is 278 g/mol. The van der Waals surface area contributed by atoms with E-state index in [1.807, 2.05) is 36.4 Å². The second-order valence-corrected chi connectivity index (χ2v) is 4.56. The molecule has 0 aromatic heterocycles. The first kappa shape index (κ1) is 14.6. The van der Waals surface area contributed by atoms with Crippen LogP contribution in [0.25, 0.3) is 0 Å². The van der Waals surface area contributed by atoms with Gasteiger partial charge < -0.3 is 0 Å². The van der Waals surface area contributed by atoms with Crippen LogP contribution in [0.3, 0.4) is 0 Å². The van der Waals surface area contributed by atoms with Gasteiger partial charge in [0.2, 0.25) is 12.2 Å². The van der Waals surface area contributed by atoms with Crippen molar-refractivity contribution in [2.75, 3.05) is 0 Å². The lowest BCUT2D eigenvalue weighted by atomic mass is 9.89. The number of benzene rings is 2. The van der Waals surface area contributed by atoms with Crippen LogP contribution >= 0.6 is 0 Å². The molecule has 0 amide bonds. The Morgan fingerprint density at radius 3 is 1.76 bits per heavy atom. The maximum absolute atomic E-state index is 10.4. The van der Waals surface area contributed by atoms with Crippen LogP contribution in [0.4, 0.5) is 11.4 Å². The lowest BCUT2D eigenvalue weighted by Gasteiger charge is -2.16. The normalized spacial score (nSPS) is 11.1. The van der Waals surface area contributed by atoms with E-state index in [4.69, 9.17) is 0 Å². The van der Waals surface area contributed by atoms with Crippen LogP contribution in [0.15, 0.2) is 58.5 Å². The summed E-state index contributed by atoms with van der Waals surface area (Å²) in [6.07, 6.45) is 3.98. The first-order valence-electron chi connectivity index (χ1n) is 6.64. The van der Waals surface area contributed by atoms with Crippen LogP contribution in [-0.2, 0) is 9.59 Å². The number of isocyanates is 2. The maximum Gasteiger partial charge on any atom is 0.240 e. The van der Waals surface area contributed by atoms with E-state index in [9.17, 15) is 9.59 Å². The van der Waals surface area contributed by atoms with Gasteiger partial charge in [0, 0.05) is 5.92 Å². The molecule has 0 saturated heterocycles. The lowest BCUT2D eigenvalue weighted by molar-refractivity contribution is 0.564. The third kappa shape index (κ3) is 3.61. The summed E-state index contributed by atoms with van der Waals surface area (Å²) in [6, 6.07) is 15.0. The minimum atomic E-state index is 0.147. The van der Waals surface area contributed by atoms with Gasteiger partial charge in [0.25, 0.3) is 0 Å². The Balaban J connectivity index is 2.43. The van der Waals surface area contributed by atoms with Crippen LogP contribution in [0.1, 0.15) is 30.4 Å². The molecule has 4 nitrogen and oxygen atoms in total. The van der Waals surface area contributed by atoms with E-state index in [2.05, 4.69) is 16.9 Å². The zero-order chi connectivity index (χ0) is 15.1. The molecule has 0 aliphatic rings. The highest BCUT2D eigenvalue weighted by Gasteiger charge is 2.13. The smallest absolute Gasteiger partial charge is 0.211 e. The van der Waals surface area contributed by atoms with Crippen LogP contribution in [0.5, 0.6) is 0 Å². The van der Waals surface area contributed by atoms with Crippen molar-refractivity contribution in [2.24, 2.45) is 9.98 Å². The second-order valence-electron chi connectivity index (χ2n) is 4.56. The van der Waals surface area contributed by atoms with Crippen molar-refractivity contribution in [1.82, 2.24) is 0 Å². The highest BCUT2D eigenvalue weighted by atomic mass is 16.1. The van der Waals surface area contributed by atoms with Crippen molar-refractivity contribution in [2.45, 2.75) is 19.3 Å². The highest BCUT2D eigenvalue weighted by Crippen LogP contribution is 2.31. The van der Waals surface area contributed by atoms with Gasteiger partial charge >= 0.3 is 0 Å². The molecule has 0 bridgehead atoms. The van der Waals surface area contributed by atoms with E-state index in [0.29, 0.717) is 11.4 Å².